The maximum Gasteiger partial charge on any atom is 0.220 e. The van der Waals surface area contributed by atoms with E-state index in [0.29, 0.717) is 0 Å². The number of hydrogen-bond donors (Lipinski definition) is 0. The second kappa shape index (κ2) is 9.75. The van der Waals surface area contributed by atoms with Gasteiger partial charge in [-0.15, -0.1) is 0 Å². The van der Waals surface area contributed by atoms with Crippen molar-refractivity contribution in [1.29, 1.82) is 0 Å². The Morgan fingerprint density at radius 3 is 1.25 bits per heavy atom. The molecule has 60 heavy (non-hydrogen) atoms. The Morgan fingerprint density at radius 1 is 0.400 bits per heavy atom. The first kappa shape index (κ1) is 31.6. The SMILES string of the molecule is CC(C)(C)c1ccc2c(c1)c1c3c(c4c5cc(C(C)(C)C)ccc5n5c4c1n1c4c(ccc6c7ccccc7oc64)nc51)n1c4c(ccc5c6ccccc6oc54)nc1n23. The lowest BCUT2D eigenvalue weighted by molar-refractivity contribution is 0.591. The summed E-state index contributed by atoms with van der Waals surface area (Å²) in [6.07, 6.45) is 0. The molecule has 0 radical (unpaired) electrons. The van der Waals surface area contributed by atoms with Gasteiger partial charge in [0.2, 0.25) is 11.6 Å². The lowest BCUT2D eigenvalue weighted by atomic mass is 9.86. The van der Waals surface area contributed by atoms with Gasteiger partial charge in [-0.3, -0.25) is 17.6 Å². The molecule has 8 heteroatoms. The normalized spacial score (nSPS) is 13.8. The van der Waals surface area contributed by atoms with Gasteiger partial charge >= 0.3 is 0 Å². The molecular weight excluding hydrogens is 741 g/mol. The first-order chi connectivity index (χ1) is 29.0. The van der Waals surface area contributed by atoms with Crippen LogP contribution in [0.1, 0.15) is 52.7 Å². The van der Waals surface area contributed by atoms with E-state index in [4.69, 9.17) is 18.8 Å². The van der Waals surface area contributed by atoms with Crippen LogP contribution in [0.15, 0.2) is 118 Å². The Hall–Kier alpha value is -7.32. The fraction of sp³-hybridized carbons (Fsp3) is 0.154. The van der Waals surface area contributed by atoms with Gasteiger partial charge in [-0.2, -0.15) is 0 Å². The molecule has 8 nitrogen and oxygen atoms in total. The first-order valence-corrected chi connectivity index (χ1v) is 20.8. The van der Waals surface area contributed by atoms with Crippen molar-refractivity contribution in [1.82, 2.24) is 27.6 Å². The highest BCUT2D eigenvalue weighted by Crippen LogP contribution is 2.51. The van der Waals surface area contributed by atoms with Gasteiger partial charge in [0.1, 0.15) is 22.2 Å². The van der Waals surface area contributed by atoms with Gasteiger partial charge in [0.15, 0.2) is 11.2 Å². The lowest BCUT2D eigenvalue weighted by Gasteiger charge is -2.19. The molecule has 8 aromatic heterocycles. The van der Waals surface area contributed by atoms with Crippen LogP contribution in [0.4, 0.5) is 0 Å². The largest absolute Gasteiger partial charge is 0.454 e. The zero-order chi connectivity index (χ0) is 39.9. The third-order valence-corrected chi connectivity index (χ3v) is 13.7. The third-order valence-electron chi connectivity index (χ3n) is 13.7. The summed E-state index contributed by atoms with van der Waals surface area (Å²) in [5, 5.41) is 9.14. The molecule has 0 spiro atoms. The van der Waals surface area contributed by atoms with E-state index < -0.39 is 0 Å². The van der Waals surface area contributed by atoms with E-state index in [1.54, 1.807) is 0 Å². The number of para-hydroxylation sites is 2. The summed E-state index contributed by atoms with van der Waals surface area (Å²) in [6, 6.07) is 39.4. The van der Waals surface area contributed by atoms with E-state index in [9.17, 15) is 0 Å². The Labute approximate surface area is 340 Å². The molecule has 286 valence electrons. The Bertz CT molecular complexity index is 4150. The number of benzene rings is 7. The van der Waals surface area contributed by atoms with Crippen molar-refractivity contribution in [2.75, 3.05) is 0 Å². The molecule has 0 aliphatic carbocycles. The Morgan fingerprint density at radius 2 is 0.817 bits per heavy atom. The summed E-state index contributed by atoms with van der Waals surface area (Å²) < 4.78 is 23.3. The number of fused-ring (bicyclic) bond motifs is 26. The lowest BCUT2D eigenvalue weighted by Crippen LogP contribution is -2.10. The maximum atomic E-state index is 6.82. The summed E-state index contributed by atoms with van der Waals surface area (Å²) in [7, 11) is 0. The molecule has 0 aliphatic rings. The number of rotatable bonds is 0. The minimum atomic E-state index is -0.0639. The van der Waals surface area contributed by atoms with Crippen LogP contribution in [-0.4, -0.2) is 27.6 Å². The number of furan rings is 2. The van der Waals surface area contributed by atoms with Crippen molar-refractivity contribution in [2.45, 2.75) is 52.4 Å². The van der Waals surface area contributed by atoms with Crippen LogP contribution < -0.4 is 0 Å². The second-order valence-electron chi connectivity index (χ2n) is 19.1. The molecule has 15 aromatic rings. The predicted octanol–water partition coefficient (Wildman–Crippen LogP) is 13.7. The van der Waals surface area contributed by atoms with Crippen molar-refractivity contribution in [3.63, 3.8) is 0 Å². The highest BCUT2D eigenvalue weighted by Gasteiger charge is 2.34. The topological polar surface area (TPSA) is 69.7 Å². The molecule has 8 heterocycles. The smallest absolute Gasteiger partial charge is 0.220 e. The van der Waals surface area contributed by atoms with E-state index in [1.807, 2.05) is 12.1 Å². The van der Waals surface area contributed by atoms with Gasteiger partial charge in [0.05, 0.1) is 44.1 Å². The van der Waals surface area contributed by atoms with E-state index in [2.05, 4.69) is 156 Å². The molecule has 0 aliphatic heterocycles. The summed E-state index contributed by atoms with van der Waals surface area (Å²) >= 11 is 0. The first-order valence-electron chi connectivity index (χ1n) is 20.8. The quantitative estimate of drug-likeness (QED) is 0.154. The van der Waals surface area contributed by atoms with Gasteiger partial charge in [-0.05, 0) is 82.6 Å². The zero-order valence-corrected chi connectivity index (χ0v) is 33.9. The number of imidazole rings is 4. The van der Waals surface area contributed by atoms with E-state index in [0.717, 1.165) is 111 Å². The van der Waals surface area contributed by atoms with Crippen LogP contribution in [-0.2, 0) is 10.8 Å². The molecule has 7 aromatic carbocycles. The second-order valence-corrected chi connectivity index (χ2v) is 19.1. The van der Waals surface area contributed by atoms with Crippen LogP contribution in [0, 0.1) is 0 Å². The summed E-state index contributed by atoms with van der Waals surface area (Å²) in [5.41, 5.74) is 16.4. The van der Waals surface area contributed by atoms with Gasteiger partial charge in [0.25, 0.3) is 0 Å². The predicted molar refractivity (Wildman–Crippen MR) is 245 cm³/mol. The number of nitrogens with zero attached hydrogens (tertiary/aromatic N) is 6. The molecule has 0 unspecified atom stereocenters. The van der Waals surface area contributed by atoms with Gasteiger partial charge in [-0.1, -0.05) is 90.1 Å². The highest BCUT2D eigenvalue weighted by molar-refractivity contribution is 6.37. The Balaban J connectivity index is 1.30. The molecule has 0 amide bonds. The maximum absolute atomic E-state index is 6.82. The summed E-state index contributed by atoms with van der Waals surface area (Å²) in [4.78, 5) is 11.0. The van der Waals surface area contributed by atoms with Crippen LogP contribution in [0.25, 0.3) is 132 Å². The van der Waals surface area contributed by atoms with Crippen molar-refractivity contribution in [3.8, 4) is 0 Å². The van der Waals surface area contributed by atoms with E-state index in [-0.39, 0.29) is 10.8 Å². The van der Waals surface area contributed by atoms with Gasteiger partial charge in [-0.25, -0.2) is 9.97 Å². The summed E-state index contributed by atoms with van der Waals surface area (Å²) in [5.74, 6) is 1.75. The monoisotopic (exact) mass is 776 g/mol. The zero-order valence-electron chi connectivity index (χ0n) is 33.9. The molecule has 0 N–H and O–H groups in total. The van der Waals surface area contributed by atoms with E-state index >= 15 is 0 Å². The third kappa shape index (κ3) is 3.44. The van der Waals surface area contributed by atoms with Crippen molar-refractivity contribution >= 4 is 132 Å². The highest BCUT2D eigenvalue weighted by atomic mass is 16.3. The molecule has 0 saturated carbocycles. The molecule has 0 saturated heterocycles. The van der Waals surface area contributed by atoms with Crippen LogP contribution in [0.5, 0.6) is 0 Å². The minimum absolute atomic E-state index is 0.0639. The number of aromatic nitrogens is 6. The van der Waals surface area contributed by atoms with Gasteiger partial charge < -0.3 is 8.83 Å². The number of hydrogen-bond acceptors (Lipinski definition) is 4. The van der Waals surface area contributed by atoms with Crippen molar-refractivity contribution in [2.24, 2.45) is 0 Å². The van der Waals surface area contributed by atoms with Crippen LogP contribution >= 0.6 is 0 Å². The fourth-order valence-electron chi connectivity index (χ4n) is 10.9. The fourth-order valence-corrected chi connectivity index (χ4v) is 10.9. The van der Waals surface area contributed by atoms with E-state index in [1.165, 1.54) is 32.7 Å². The van der Waals surface area contributed by atoms with Crippen LogP contribution in [0.2, 0.25) is 0 Å². The molecule has 0 atom stereocenters. The van der Waals surface area contributed by atoms with Crippen molar-refractivity contribution < 1.29 is 8.83 Å². The standard InChI is InChI=1S/C52H36N6O2/c1-51(2,3)25-15-21-35-31(23-25)39-43-46(58-42-34(53-49(58)55(35)43)20-18-30-28-12-8-10-14-38(28)60-48(30)42)40-32-24-26(52(4,5)6)16-22-36(32)56-44(40)45(39)57-41-33(54-50(56)57)19-17-29-27-11-7-9-13-37(27)59-47(29)41/h7-24H,1-6H3. The molecule has 0 bridgehead atoms. The molecule has 0 fully saturated rings. The van der Waals surface area contributed by atoms with Crippen molar-refractivity contribution in [3.05, 3.63) is 120 Å². The van der Waals surface area contributed by atoms with Gasteiger partial charge in [0, 0.05) is 43.1 Å². The summed E-state index contributed by atoms with van der Waals surface area (Å²) in [6.45, 7) is 13.8. The average molecular weight is 777 g/mol. The molecular formula is C52H36N6O2. The molecule has 15 rings (SSSR count). The average Bonchev–Trinajstić information content (AvgIpc) is 4.09. The van der Waals surface area contributed by atoms with Crippen LogP contribution in [0.3, 0.4) is 0 Å². The minimum Gasteiger partial charge on any atom is -0.454 e. The Kier molecular flexibility index (Phi) is 5.14.